The van der Waals surface area contributed by atoms with E-state index in [-0.39, 0.29) is 11.7 Å². The molecule has 0 saturated carbocycles. The molecular weight excluding hydrogens is 424 g/mol. The molecule has 0 spiro atoms. The van der Waals surface area contributed by atoms with Crippen LogP contribution in [0.2, 0.25) is 5.02 Å². The molecule has 0 bridgehead atoms. The molecule has 1 N–H and O–H groups in total. The maximum absolute atomic E-state index is 11.8. The minimum Gasteiger partial charge on any atom is -0.460 e. The van der Waals surface area contributed by atoms with E-state index in [1.165, 1.54) is 29.3 Å². The Morgan fingerprint density at radius 1 is 1.26 bits per heavy atom. The number of hydrogen-bond donors (Lipinski definition) is 1. The van der Waals surface area contributed by atoms with E-state index < -0.39 is 0 Å². The molecule has 0 aliphatic heterocycles. The second-order valence-corrected chi connectivity index (χ2v) is 9.07. The zero-order valence-electron chi connectivity index (χ0n) is 14.2. The Bertz CT molecular complexity index is 942. The predicted molar refractivity (Wildman–Crippen MR) is 111 cm³/mol. The van der Waals surface area contributed by atoms with Gasteiger partial charge in [-0.15, -0.1) is 10.2 Å². The minimum atomic E-state index is -0.222. The number of rotatable bonds is 8. The van der Waals surface area contributed by atoms with Gasteiger partial charge < -0.3 is 4.42 Å². The van der Waals surface area contributed by atoms with Crippen LogP contribution >= 0.6 is 46.5 Å². The van der Waals surface area contributed by atoms with E-state index in [9.17, 15) is 4.79 Å². The van der Waals surface area contributed by atoms with E-state index in [2.05, 4.69) is 20.7 Å². The van der Waals surface area contributed by atoms with E-state index in [1.807, 2.05) is 37.3 Å². The van der Waals surface area contributed by atoms with Gasteiger partial charge in [-0.25, -0.2) is 5.43 Å². The highest BCUT2D eigenvalue weighted by molar-refractivity contribution is 8.03. The number of nitrogens with one attached hydrogen (secondary N) is 1. The zero-order chi connectivity index (χ0) is 19.1. The summed E-state index contributed by atoms with van der Waals surface area (Å²) in [6.07, 6.45) is 1.46. The quantitative estimate of drug-likeness (QED) is 0.314. The van der Waals surface area contributed by atoms with Crippen LogP contribution in [0.15, 0.2) is 54.6 Å². The Balaban J connectivity index is 1.41. The molecule has 10 heteroatoms. The number of furan rings is 1. The summed E-state index contributed by atoms with van der Waals surface area (Å²) < 4.78 is 6.90. The Hall–Kier alpha value is -1.81. The lowest BCUT2D eigenvalue weighted by Crippen LogP contribution is -2.19. The standard InChI is InChI=1S/C17H15ClN4O2S3/c1-11-6-7-13(24-11)8-19-20-15(23)10-26-17-22-21-16(27-17)25-9-12-4-2-3-5-14(12)18/h2-8H,9-10H2,1H3,(H,20,23)/b19-8+. The van der Waals surface area contributed by atoms with Gasteiger partial charge in [0.15, 0.2) is 8.68 Å². The van der Waals surface area contributed by atoms with Gasteiger partial charge in [0.25, 0.3) is 5.91 Å². The first-order valence-electron chi connectivity index (χ1n) is 7.81. The van der Waals surface area contributed by atoms with Gasteiger partial charge in [-0.1, -0.05) is 64.7 Å². The van der Waals surface area contributed by atoms with Crippen LogP contribution in [0.25, 0.3) is 0 Å². The molecule has 2 heterocycles. The van der Waals surface area contributed by atoms with E-state index in [4.69, 9.17) is 16.0 Å². The van der Waals surface area contributed by atoms with Gasteiger partial charge in [0.2, 0.25) is 0 Å². The number of hydrogen-bond acceptors (Lipinski definition) is 8. The zero-order valence-corrected chi connectivity index (χ0v) is 17.4. The predicted octanol–water partition coefficient (Wildman–Crippen LogP) is 4.63. The number of carbonyl (C=O) groups is 1. The second kappa shape index (κ2) is 9.93. The van der Waals surface area contributed by atoms with Crippen LogP contribution in [0, 0.1) is 6.92 Å². The van der Waals surface area contributed by atoms with Crippen molar-refractivity contribution in [2.45, 2.75) is 21.4 Å². The van der Waals surface area contributed by atoms with E-state index in [0.29, 0.717) is 5.76 Å². The molecule has 2 aromatic heterocycles. The topological polar surface area (TPSA) is 80.4 Å². The lowest BCUT2D eigenvalue weighted by atomic mass is 10.2. The summed E-state index contributed by atoms with van der Waals surface area (Å²) in [4.78, 5) is 11.8. The normalized spacial score (nSPS) is 11.2. The summed E-state index contributed by atoms with van der Waals surface area (Å²) in [6.45, 7) is 1.84. The molecule has 0 radical (unpaired) electrons. The lowest BCUT2D eigenvalue weighted by molar-refractivity contribution is -0.118. The third kappa shape index (κ3) is 6.39. The molecular formula is C17H15ClN4O2S3. The summed E-state index contributed by atoms with van der Waals surface area (Å²) in [6, 6.07) is 11.3. The largest absolute Gasteiger partial charge is 0.460 e. The fraction of sp³-hybridized carbons (Fsp3) is 0.176. The molecule has 3 aromatic rings. The van der Waals surface area contributed by atoms with Gasteiger partial charge in [-0.05, 0) is 30.7 Å². The fourth-order valence-electron chi connectivity index (χ4n) is 1.92. The average Bonchev–Trinajstić information content (AvgIpc) is 3.28. The van der Waals surface area contributed by atoms with E-state index >= 15 is 0 Å². The van der Waals surface area contributed by atoms with Gasteiger partial charge in [0.1, 0.15) is 11.5 Å². The summed E-state index contributed by atoms with van der Waals surface area (Å²) >= 11 is 10.5. The van der Waals surface area contributed by atoms with Crippen LogP contribution in [0.4, 0.5) is 0 Å². The van der Waals surface area contributed by atoms with Crippen molar-refractivity contribution < 1.29 is 9.21 Å². The van der Waals surface area contributed by atoms with Gasteiger partial charge in [0, 0.05) is 10.8 Å². The van der Waals surface area contributed by atoms with Crippen LogP contribution in [0.3, 0.4) is 0 Å². The van der Waals surface area contributed by atoms with Crippen molar-refractivity contribution in [3.63, 3.8) is 0 Å². The van der Waals surface area contributed by atoms with E-state index in [1.54, 1.807) is 17.8 Å². The molecule has 0 saturated heterocycles. The van der Waals surface area contributed by atoms with Crippen molar-refractivity contribution in [1.82, 2.24) is 15.6 Å². The molecule has 1 aromatic carbocycles. The molecule has 27 heavy (non-hydrogen) atoms. The summed E-state index contributed by atoms with van der Waals surface area (Å²) in [5.74, 6) is 2.08. The molecule has 0 fully saturated rings. The minimum absolute atomic E-state index is 0.207. The Morgan fingerprint density at radius 3 is 2.78 bits per heavy atom. The Labute approximate surface area is 173 Å². The first-order valence-corrected chi connectivity index (χ1v) is 11.0. The van der Waals surface area contributed by atoms with Crippen molar-refractivity contribution in [3.8, 4) is 0 Å². The van der Waals surface area contributed by atoms with Crippen LogP contribution in [-0.4, -0.2) is 28.1 Å². The number of amides is 1. The van der Waals surface area contributed by atoms with Crippen LogP contribution in [-0.2, 0) is 10.5 Å². The van der Waals surface area contributed by atoms with Gasteiger partial charge in [0.05, 0.1) is 12.0 Å². The van der Waals surface area contributed by atoms with Crippen molar-refractivity contribution in [3.05, 3.63) is 58.5 Å². The SMILES string of the molecule is Cc1ccc(/C=N/NC(=O)CSc2nnc(SCc3ccccc3Cl)s2)o1. The maximum atomic E-state index is 11.8. The van der Waals surface area contributed by atoms with Crippen molar-refractivity contribution >= 4 is 58.6 Å². The first kappa shape index (κ1) is 19.9. The lowest BCUT2D eigenvalue weighted by Gasteiger charge is -2.00. The third-order valence-corrected chi connectivity index (χ3v) is 6.77. The molecule has 3 rings (SSSR count). The number of carbonyl (C=O) groups excluding carboxylic acids is 1. The number of halogens is 1. The van der Waals surface area contributed by atoms with E-state index in [0.717, 1.165) is 30.8 Å². The Kier molecular flexibility index (Phi) is 7.33. The molecule has 0 aliphatic rings. The monoisotopic (exact) mass is 438 g/mol. The first-order chi connectivity index (χ1) is 13.1. The summed E-state index contributed by atoms with van der Waals surface area (Å²) in [7, 11) is 0. The highest BCUT2D eigenvalue weighted by atomic mass is 35.5. The van der Waals surface area contributed by atoms with Gasteiger partial charge in [-0.2, -0.15) is 5.10 Å². The third-order valence-electron chi connectivity index (χ3n) is 3.17. The fourth-order valence-corrected chi connectivity index (χ4v) is 5.02. The van der Waals surface area contributed by atoms with Gasteiger partial charge in [-0.3, -0.25) is 4.79 Å². The molecule has 140 valence electrons. The maximum Gasteiger partial charge on any atom is 0.250 e. The molecule has 0 aliphatic carbocycles. The second-order valence-electron chi connectivity index (χ2n) is 5.24. The summed E-state index contributed by atoms with van der Waals surface area (Å²) in [5.41, 5.74) is 3.51. The highest BCUT2D eigenvalue weighted by Crippen LogP contribution is 2.32. The summed E-state index contributed by atoms with van der Waals surface area (Å²) in [5, 5.41) is 12.8. The van der Waals surface area contributed by atoms with Crippen LogP contribution in [0.5, 0.6) is 0 Å². The van der Waals surface area contributed by atoms with Crippen LogP contribution in [0.1, 0.15) is 17.1 Å². The Morgan fingerprint density at radius 2 is 2.04 bits per heavy atom. The van der Waals surface area contributed by atoms with Crippen molar-refractivity contribution in [2.75, 3.05) is 5.75 Å². The van der Waals surface area contributed by atoms with Gasteiger partial charge >= 0.3 is 0 Å². The average molecular weight is 439 g/mol. The number of aryl methyl sites for hydroxylation is 1. The molecule has 1 amide bonds. The number of hydrazone groups is 1. The highest BCUT2D eigenvalue weighted by Gasteiger charge is 2.09. The number of nitrogens with zero attached hydrogens (tertiary/aromatic N) is 3. The number of benzene rings is 1. The molecule has 0 unspecified atom stereocenters. The number of thioether (sulfide) groups is 2. The number of aromatic nitrogens is 2. The van der Waals surface area contributed by atoms with Crippen LogP contribution < -0.4 is 5.43 Å². The van der Waals surface area contributed by atoms with Crippen molar-refractivity contribution in [1.29, 1.82) is 0 Å². The molecule has 6 nitrogen and oxygen atoms in total. The molecule has 0 atom stereocenters. The van der Waals surface area contributed by atoms with Crippen molar-refractivity contribution in [2.24, 2.45) is 5.10 Å². The smallest absolute Gasteiger partial charge is 0.250 e.